The minimum Gasteiger partial charge on any atom is -0.394 e. The van der Waals surface area contributed by atoms with Crippen molar-refractivity contribution in [2.45, 2.75) is 39.2 Å². The lowest BCUT2D eigenvalue weighted by Crippen LogP contribution is -2.40. The number of fused-ring (bicyclic) bond motifs is 3. The van der Waals surface area contributed by atoms with Crippen LogP contribution in [0.3, 0.4) is 0 Å². The predicted octanol–water partition coefficient (Wildman–Crippen LogP) is 4.93. The van der Waals surface area contributed by atoms with Crippen LogP contribution < -0.4 is 9.80 Å². The molecule has 0 fully saturated rings. The van der Waals surface area contributed by atoms with Gasteiger partial charge in [-0.3, -0.25) is 0 Å². The first-order chi connectivity index (χ1) is 12.9. The van der Waals surface area contributed by atoms with Crippen LogP contribution in [-0.2, 0) is 5.41 Å². The average Bonchev–Trinajstić information content (AvgIpc) is 3.15. The van der Waals surface area contributed by atoms with Gasteiger partial charge in [0, 0.05) is 12.1 Å². The van der Waals surface area contributed by atoms with Gasteiger partial charge in [-0.15, -0.1) is 0 Å². The molecule has 140 valence electrons. The Balaban J connectivity index is 1.89. The Morgan fingerprint density at radius 2 is 1.67 bits per heavy atom. The van der Waals surface area contributed by atoms with E-state index in [1.165, 1.54) is 28.2 Å². The number of hydrogen-bond donors (Lipinski definition) is 1. The van der Waals surface area contributed by atoms with E-state index in [0.717, 1.165) is 12.2 Å². The van der Waals surface area contributed by atoms with Gasteiger partial charge in [-0.1, -0.05) is 63.2 Å². The van der Waals surface area contributed by atoms with Gasteiger partial charge in [0.05, 0.1) is 35.4 Å². The zero-order valence-corrected chi connectivity index (χ0v) is 16.6. The number of aliphatic hydroxyl groups excluding tert-OH is 1. The third-order valence-corrected chi connectivity index (χ3v) is 5.50. The molecule has 2 heterocycles. The number of aliphatic hydroxyl groups is 1. The smallest absolute Gasteiger partial charge is 0.0729 e. The van der Waals surface area contributed by atoms with Crippen LogP contribution in [0.5, 0.6) is 0 Å². The molecule has 2 aliphatic heterocycles. The van der Waals surface area contributed by atoms with Crippen LogP contribution in [0.1, 0.15) is 38.8 Å². The largest absolute Gasteiger partial charge is 0.394 e. The monoisotopic (exact) mass is 360 g/mol. The molecule has 0 amide bonds. The molecule has 0 spiro atoms. The normalized spacial score (nSPS) is 17.2. The summed E-state index contributed by atoms with van der Waals surface area (Å²) in [5.74, 6) is 0. The van der Waals surface area contributed by atoms with Gasteiger partial charge < -0.3 is 14.9 Å². The van der Waals surface area contributed by atoms with Gasteiger partial charge in [0.1, 0.15) is 0 Å². The summed E-state index contributed by atoms with van der Waals surface area (Å²) in [7, 11) is 0. The first-order valence-corrected chi connectivity index (χ1v) is 9.70. The molecule has 0 saturated heterocycles. The lowest BCUT2D eigenvalue weighted by atomic mass is 9.86. The molecule has 1 N–H and O–H groups in total. The quantitative estimate of drug-likeness (QED) is 0.841. The molecule has 2 aromatic rings. The van der Waals surface area contributed by atoms with E-state index in [4.69, 9.17) is 0 Å². The molecule has 0 aromatic heterocycles. The molecule has 0 aliphatic carbocycles. The highest BCUT2D eigenvalue weighted by atomic mass is 16.3. The summed E-state index contributed by atoms with van der Waals surface area (Å²) in [5.41, 5.74) is 7.38. The average molecular weight is 361 g/mol. The summed E-state index contributed by atoms with van der Waals surface area (Å²) in [5, 5.41) is 9.97. The van der Waals surface area contributed by atoms with E-state index < -0.39 is 0 Å². The zero-order chi connectivity index (χ0) is 19.2. The van der Waals surface area contributed by atoms with Crippen molar-refractivity contribution in [2.75, 3.05) is 23.0 Å². The first kappa shape index (κ1) is 17.9. The number of benzene rings is 2. The third kappa shape index (κ3) is 2.96. The molecule has 27 heavy (non-hydrogen) atoms. The third-order valence-electron chi connectivity index (χ3n) is 5.50. The summed E-state index contributed by atoms with van der Waals surface area (Å²) in [4.78, 5) is 4.66. The second-order valence-electron chi connectivity index (χ2n) is 8.46. The maximum atomic E-state index is 9.97. The van der Waals surface area contributed by atoms with Gasteiger partial charge in [0.2, 0.25) is 0 Å². The maximum Gasteiger partial charge on any atom is 0.0729 e. The van der Waals surface area contributed by atoms with E-state index in [9.17, 15) is 5.11 Å². The van der Waals surface area contributed by atoms with Crippen molar-refractivity contribution in [3.63, 3.8) is 0 Å². The van der Waals surface area contributed by atoms with E-state index in [2.05, 4.69) is 98.2 Å². The van der Waals surface area contributed by atoms with Crippen molar-refractivity contribution in [2.24, 2.45) is 0 Å². The Morgan fingerprint density at radius 1 is 1.00 bits per heavy atom. The zero-order valence-electron chi connectivity index (χ0n) is 16.6. The van der Waals surface area contributed by atoms with Crippen molar-refractivity contribution < 1.29 is 5.11 Å². The summed E-state index contributed by atoms with van der Waals surface area (Å²) in [6.07, 6.45) is 4.42. The van der Waals surface area contributed by atoms with Crippen molar-refractivity contribution in [3.05, 3.63) is 77.5 Å². The fraction of sp³-hybridized carbons (Fsp3) is 0.333. The highest BCUT2D eigenvalue weighted by Gasteiger charge is 2.34. The van der Waals surface area contributed by atoms with Crippen molar-refractivity contribution >= 4 is 17.1 Å². The molecule has 4 rings (SSSR count). The Hall–Kier alpha value is -2.52. The van der Waals surface area contributed by atoms with E-state index in [1.807, 2.05) is 0 Å². The molecule has 0 saturated carbocycles. The van der Waals surface area contributed by atoms with Crippen LogP contribution in [0.4, 0.5) is 11.4 Å². The van der Waals surface area contributed by atoms with E-state index in [0.29, 0.717) is 0 Å². The standard InChI is InChI=1S/C24H28N2O/c1-17(16-27)26-21-9-6-5-8-20(21)25-15-7-10-22(25)23(26)18-11-13-19(14-12-18)24(2,3)4/h5-14,17,27H,15-16H2,1-4H3/t17-/m0/s1. The van der Waals surface area contributed by atoms with Crippen molar-refractivity contribution in [1.29, 1.82) is 0 Å². The maximum absolute atomic E-state index is 9.97. The molecule has 2 aliphatic rings. The van der Waals surface area contributed by atoms with Crippen molar-refractivity contribution in [3.8, 4) is 0 Å². The highest BCUT2D eigenvalue weighted by Crippen LogP contribution is 2.46. The summed E-state index contributed by atoms with van der Waals surface area (Å²) < 4.78 is 0. The van der Waals surface area contributed by atoms with E-state index >= 15 is 0 Å². The SMILES string of the molecule is C[C@@H](CO)N1C(c2ccc(C(C)(C)C)cc2)=C2C=CCN2c2ccccc21. The fourth-order valence-electron chi connectivity index (χ4n) is 3.99. The number of allylic oxidation sites excluding steroid dienone is 1. The number of para-hydroxylation sites is 2. The molecule has 0 bridgehead atoms. The summed E-state index contributed by atoms with van der Waals surface area (Å²) in [6, 6.07) is 17.4. The Bertz CT molecular complexity index is 903. The molecule has 2 aromatic carbocycles. The minimum atomic E-state index is -0.00732. The number of nitrogens with zero attached hydrogens (tertiary/aromatic N) is 2. The Kier molecular flexibility index (Phi) is 4.35. The first-order valence-electron chi connectivity index (χ1n) is 9.70. The number of anilines is 2. The predicted molar refractivity (Wildman–Crippen MR) is 114 cm³/mol. The van der Waals surface area contributed by atoms with E-state index in [-0.39, 0.29) is 18.1 Å². The topological polar surface area (TPSA) is 26.7 Å². The van der Waals surface area contributed by atoms with Gasteiger partial charge in [0.15, 0.2) is 0 Å². The fourth-order valence-corrected chi connectivity index (χ4v) is 3.99. The van der Waals surface area contributed by atoms with Crippen LogP contribution in [0.25, 0.3) is 5.70 Å². The van der Waals surface area contributed by atoms with Gasteiger partial charge >= 0.3 is 0 Å². The van der Waals surface area contributed by atoms with Crippen LogP contribution >= 0.6 is 0 Å². The van der Waals surface area contributed by atoms with Crippen LogP contribution in [0.15, 0.2) is 66.4 Å². The Morgan fingerprint density at radius 3 is 2.30 bits per heavy atom. The molecule has 0 radical (unpaired) electrons. The molecular formula is C24H28N2O. The molecular weight excluding hydrogens is 332 g/mol. The second-order valence-corrected chi connectivity index (χ2v) is 8.46. The van der Waals surface area contributed by atoms with Gasteiger partial charge in [-0.2, -0.15) is 0 Å². The van der Waals surface area contributed by atoms with E-state index in [1.54, 1.807) is 0 Å². The molecule has 1 atom stereocenters. The van der Waals surface area contributed by atoms with Gasteiger partial charge in [0.25, 0.3) is 0 Å². The summed E-state index contributed by atoms with van der Waals surface area (Å²) in [6.45, 7) is 9.79. The van der Waals surface area contributed by atoms with Gasteiger partial charge in [-0.25, -0.2) is 0 Å². The van der Waals surface area contributed by atoms with Crippen LogP contribution in [0, 0.1) is 0 Å². The molecule has 0 unspecified atom stereocenters. The second kappa shape index (κ2) is 6.58. The Labute approximate surface area is 162 Å². The number of rotatable bonds is 3. The molecule has 3 heteroatoms. The van der Waals surface area contributed by atoms with Crippen molar-refractivity contribution in [1.82, 2.24) is 0 Å². The number of hydrogen-bond acceptors (Lipinski definition) is 3. The summed E-state index contributed by atoms with van der Waals surface area (Å²) >= 11 is 0. The van der Waals surface area contributed by atoms with Crippen LogP contribution in [0.2, 0.25) is 0 Å². The lowest BCUT2D eigenvalue weighted by Gasteiger charge is -2.42. The highest BCUT2D eigenvalue weighted by molar-refractivity contribution is 5.95. The lowest BCUT2D eigenvalue weighted by molar-refractivity contribution is 0.273. The van der Waals surface area contributed by atoms with Crippen LogP contribution in [-0.4, -0.2) is 24.3 Å². The molecule has 3 nitrogen and oxygen atoms in total. The van der Waals surface area contributed by atoms with Gasteiger partial charge in [-0.05, 0) is 36.1 Å². The minimum absolute atomic E-state index is 0.00732.